The van der Waals surface area contributed by atoms with Crippen LogP contribution in [0.5, 0.6) is 0 Å². The van der Waals surface area contributed by atoms with Gasteiger partial charge in [0.25, 0.3) is 0 Å². The van der Waals surface area contributed by atoms with Gasteiger partial charge < -0.3 is 9.64 Å². The Kier molecular flexibility index (Phi) is 5.48. The molecule has 1 atom stereocenters. The van der Waals surface area contributed by atoms with Crippen molar-refractivity contribution in [2.75, 3.05) is 31.6 Å². The molecule has 0 saturated carbocycles. The second-order valence-electron chi connectivity index (χ2n) is 3.58. The maximum atomic E-state index is 11.5. The molecule has 0 aromatic heterocycles. The molecule has 1 fully saturated rings. The topological polar surface area (TPSA) is 29.5 Å². The standard InChI is InChI=1S/C10H18BrNO2/c1-2-14-10(13)9-4-3-6-12(8-9)7-5-11/h9H,2-8H2,1H3/t9-/m1/s1. The van der Waals surface area contributed by atoms with E-state index in [1.165, 1.54) is 0 Å². The molecule has 3 nitrogen and oxygen atoms in total. The number of carbonyl (C=O) groups is 1. The van der Waals surface area contributed by atoms with Crippen molar-refractivity contribution in [2.24, 2.45) is 5.92 Å². The average molecular weight is 264 g/mol. The summed E-state index contributed by atoms with van der Waals surface area (Å²) in [5, 5.41) is 0.975. The number of halogens is 1. The summed E-state index contributed by atoms with van der Waals surface area (Å²) in [4.78, 5) is 13.8. The van der Waals surface area contributed by atoms with E-state index in [1.54, 1.807) is 0 Å². The van der Waals surface area contributed by atoms with Crippen molar-refractivity contribution in [2.45, 2.75) is 19.8 Å². The number of likely N-dealkylation sites (tertiary alicyclic amines) is 1. The normalized spacial score (nSPS) is 23.4. The smallest absolute Gasteiger partial charge is 0.310 e. The Morgan fingerprint density at radius 2 is 2.43 bits per heavy atom. The minimum absolute atomic E-state index is 0.0215. The Hall–Kier alpha value is -0.0900. The minimum atomic E-state index is -0.0215. The van der Waals surface area contributed by atoms with E-state index >= 15 is 0 Å². The van der Waals surface area contributed by atoms with Crippen molar-refractivity contribution in [3.8, 4) is 0 Å². The Bertz CT molecular complexity index is 185. The summed E-state index contributed by atoms with van der Waals surface area (Å²) in [5.74, 6) is 0.0783. The molecule has 1 saturated heterocycles. The molecule has 82 valence electrons. The van der Waals surface area contributed by atoms with Crippen LogP contribution >= 0.6 is 15.9 Å². The first-order valence-corrected chi connectivity index (χ1v) is 6.35. The van der Waals surface area contributed by atoms with E-state index in [4.69, 9.17) is 4.74 Å². The molecule has 1 rings (SSSR count). The molecule has 0 bridgehead atoms. The largest absolute Gasteiger partial charge is 0.466 e. The molecule has 1 heterocycles. The Balaban J connectivity index is 2.35. The number of alkyl halides is 1. The fourth-order valence-corrected chi connectivity index (χ4v) is 2.33. The summed E-state index contributed by atoms with van der Waals surface area (Å²) < 4.78 is 5.03. The number of hydrogen-bond acceptors (Lipinski definition) is 3. The second-order valence-corrected chi connectivity index (χ2v) is 4.37. The molecule has 0 N–H and O–H groups in total. The fourth-order valence-electron chi connectivity index (χ4n) is 1.83. The van der Waals surface area contributed by atoms with Gasteiger partial charge >= 0.3 is 5.97 Å². The Labute approximate surface area is 93.9 Å². The third-order valence-electron chi connectivity index (χ3n) is 2.53. The highest BCUT2D eigenvalue weighted by Crippen LogP contribution is 2.17. The molecule has 0 spiro atoms. The lowest BCUT2D eigenvalue weighted by Crippen LogP contribution is -2.40. The zero-order valence-corrected chi connectivity index (χ0v) is 10.3. The van der Waals surface area contributed by atoms with E-state index in [1.807, 2.05) is 6.92 Å². The predicted octanol–water partition coefficient (Wildman–Crippen LogP) is 1.66. The number of hydrogen-bond donors (Lipinski definition) is 0. The minimum Gasteiger partial charge on any atom is -0.466 e. The second kappa shape index (κ2) is 6.40. The molecular formula is C10H18BrNO2. The highest BCUT2D eigenvalue weighted by atomic mass is 79.9. The van der Waals surface area contributed by atoms with Crippen molar-refractivity contribution in [3.63, 3.8) is 0 Å². The third-order valence-corrected chi connectivity index (χ3v) is 2.88. The summed E-state index contributed by atoms with van der Waals surface area (Å²) in [6, 6.07) is 0. The summed E-state index contributed by atoms with van der Waals surface area (Å²) >= 11 is 3.41. The number of ether oxygens (including phenoxy) is 1. The first kappa shape index (κ1) is 12.0. The number of piperidine rings is 1. The summed E-state index contributed by atoms with van der Waals surface area (Å²) in [6.07, 6.45) is 2.09. The molecule has 0 unspecified atom stereocenters. The van der Waals surface area contributed by atoms with Gasteiger partial charge in [-0.3, -0.25) is 4.79 Å². The first-order chi connectivity index (χ1) is 6.77. The maximum Gasteiger partial charge on any atom is 0.310 e. The van der Waals surface area contributed by atoms with E-state index in [2.05, 4.69) is 20.8 Å². The van der Waals surface area contributed by atoms with Crippen LogP contribution in [0.1, 0.15) is 19.8 Å². The Morgan fingerprint density at radius 3 is 3.07 bits per heavy atom. The highest BCUT2D eigenvalue weighted by molar-refractivity contribution is 9.09. The van der Waals surface area contributed by atoms with Gasteiger partial charge in [-0.15, -0.1) is 0 Å². The van der Waals surface area contributed by atoms with Crippen molar-refractivity contribution in [3.05, 3.63) is 0 Å². The van der Waals surface area contributed by atoms with Crippen molar-refractivity contribution in [1.29, 1.82) is 0 Å². The summed E-state index contributed by atoms with van der Waals surface area (Å²) in [5.41, 5.74) is 0. The number of carbonyl (C=O) groups excluding carboxylic acids is 1. The monoisotopic (exact) mass is 263 g/mol. The van der Waals surface area contributed by atoms with E-state index in [0.717, 1.165) is 37.8 Å². The van der Waals surface area contributed by atoms with Gasteiger partial charge in [-0.05, 0) is 26.3 Å². The van der Waals surface area contributed by atoms with E-state index in [9.17, 15) is 4.79 Å². The first-order valence-electron chi connectivity index (χ1n) is 5.23. The van der Waals surface area contributed by atoms with Crippen LogP contribution < -0.4 is 0 Å². The van der Waals surface area contributed by atoms with Crippen LogP contribution in [-0.2, 0) is 9.53 Å². The SMILES string of the molecule is CCOC(=O)[C@@H]1CCCN(CCBr)C1. The molecule has 14 heavy (non-hydrogen) atoms. The van der Waals surface area contributed by atoms with E-state index < -0.39 is 0 Å². The number of rotatable bonds is 4. The van der Waals surface area contributed by atoms with Crippen LogP contribution in [0.2, 0.25) is 0 Å². The Morgan fingerprint density at radius 1 is 1.64 bits per heavy atom. The average Bonchev–Trinajstić information content (AvgIpc) is 2.19. The molecule has 0 radical (unpaired) electrons. The molecule has 1 aliphatic rings. The fraction of sp³-hybridized carbons (Fsp3) is 0.900. The van der Waals surface area contributed by atoms with E-state index in [-0.39, 0.29) is 11.9 Å². The van der Waals surface area contributed by atoms with Crippen LogP contribution in [-0.4, -0.2) is 42.4 Å². The predicted molar refractivity (Wildman–Crippen MR) is 59.6 cm³/mol. The van der Waals surface area contributed by atoms with Crippen molar-refractivity contribution in [1.82, 2.24) is 4.90 Å². The highest BCUT2D eigenvalue weighted by Gasteiger charge is 2.26. The van der Waals surface area contributed by atoms with Crippen LogP contribution in [0, 0.1) is 5.92 Å². The molecule has 0 aromatic rings. The quantitative estimate of drug-likeness (QED) is 0.571. The lowest BCUT2D eigenvalue weighted by Gasteiger charge is -2.30. The summed E-state index contributed by atoms with van der Waals surface area (Å²) in [7, 11) is 0. The van der Waals surface area contributed by atoms with Crippen LogP contribution in [0.4, 0.5) is 0 Å². The van der Waals surface area contributed by atoms with Crippen molar-refractivity contribution >= 4 is 21.9 Å². The van der Waals surface area contributed by atoms with Gasteiger partial charge in [0.2, 0.25) is 0 Å². The zero-order valence-electron chi connectivity index (χ0n) is 8.67. The van der Waals surface area contributed by atoms with Gasteiger partial charge in [-0.2, -0.15) is 0 Å². The third kappa shape index (κ3) is 3.58. The van der Waals surface area contributed by atoms with Gasteiger partial charge in [0.05, 0.1) is 12.5 Å². The van der Waals surface area contributed by atoms with Gasteiger partial charge in [0, 0.05) is 18.4 Å². The maximum absolute atomic E-state index is 11.5. The lowest BCUT2D eigenvalue weighted by atomic mass is 9.98. The van der Waals surface area contributed by atoms with Crippen molar-refractivity contribution < 1.29 is 9.53 Å². The summed E-state index contributed by atoms with van der Waals surface area (Å²) in [6.45, 7) is 5.35. The van der Waals surface area contributed by atoms with Crippen LogP contribution in [0.15, 0.2) is 0 Å². The lowest BCUT2D eigenvalue weighted by molar-refractivity contribution is -0.149. The van der Waals surface area contributed by atoms with Crippen LogP contribution in [0.3, 0.4) is 0 Å². The molecule has 0 aromatic carbocycles. The van der Waals surface area contributed by atoms with E-state index in [0.29, 0.717) is 6.61 Å². The molecule has 1 aliphatic heterocycles. The molecular weight excluding hydrogens is 246 g/mol. The molecule has 0 amide bonds. The molecule has 0 aliphatic carbocycles. The zero-order chi connectivity index (χ0) is 10.4. The number of nitrogens with zero attached hydrogens (tertiary/aromatic N) is 1. The van der Waals surface area contributed by atoms with Gasteiger partial charge in [-0.1, -0.05) is 15.9 Å². The van der Waals surface area contributed by atoms with Gasteiger partial charge in [-0.25, -0.2) is 0 Å². The van der Waals surface area contributed by atoms with Gasteiger partial charge in [0.1, 0.15) is 0 Å². The van der Waals surface area contributed by atoms with Gasteiger partial charge in [0.15, 0.2) is 0 Å². The van der Waals surface area contributed by atoms with Crippen LogP contribution in [0.25, 0.3) is 0 Å². The number of esters is 1. The molecule has 4 heteroatoms.